The van der Waals surface area contributed by atoms with Crippen molar-refractivity contribution in [2.75, 3.05) is 0 Å². The molecule has 0 bridgehead atoms. The van der Waals surface area contributed by atoms with Gasteiger partial charge in [0.15, 0.2) is 0 Å². The number of nitriles is 2. The molecule has 0 saturated heterocycles. The molecule has 86 valence electrons. The second-order valence-electron chi connectivity index (χ2n) is 3.61. The van der Waals surface area contributed by atoms with E-state index >= 15 is 0 Å². The van der Waals surface area contributed by atoms with Gasteiger partial charge in [0.1, 0.15) is 17.7 Å². The predicted molar refractivity (Wildman–Crippen MR) is 72.7 cm³/mol. The van der Waals surface area contributed by atoms with Crippen LogP contribution in [0.5, 0.6) is 0 Å². The average molecular weight is 298 g/mol. The van der Waals surface area contributed by atoms with Crippen molar-refractivity contribution in [1.82, 2.24) is 4.57 Å². The van der Waals surface area contributed by atoms with Crippen molar-refractivity contribution in [1.29, 1.82) is 10.5 Å². The van der Waals surface area contributed by atoms with Gasteiger partial charge in [0.2, 0.25) is 0 Å². The quantitative estimate of drug-likeness (QED) is 0.794. The van der Waals surface area contributed by atoms with Gasteiger partial charge in [0.05, 0.1) is 0 Å². The van der Waals surface area contributed by atoms with Crippen molar-refractivity contribution in [2.45, 2.75) is 0 Å². The highest BCUT2D eigenvalue weighted by Gasteiger charge is 1.99. The molecule has 0 fully saturated rings. The summed E-state index contributed by atoms with van der Waals surface area (Å²) in [4.78, 5) is 0. The van der Waals surface area contributed by atoms with Crippen molar-refractivity contribution >= 4 is 22.0 Å². The highest BCUT2D eigenvalue weighted by Crippen LogP contribution is 2.16. The molecule has 0 radical (unpaired) electrons. The van der Waals surface area contributed by atoms with Crippen LogP contribution in [-0.4, -0.2) is 4.57 Å². The smallest absolute Gasteiger partial charge is 0.130 e. The Kier molecular flexibility index (Phi) is 3.62. The summed E-state index contributed by atoms with van der Waals surface area (Å²) in [6.45, 7) is 0. The lowest BCUT2D eigenvalue weighted by molar-refractivity contribution is 1.08. The largest absolute Gasteiger partial charge is 0.323 e. The Labute approximate surface area is 113 Å². The van der Waals surface area contributed by atoms with E-state index in [1.807, 2.05) is 59.4 Å². The third kappa shape index (κ3) is 2.68. The normalized spacial score (nSPS) is 9.28. The molecule has 1 heterocycles. The number of rotatable bonds is 2. The van der Waals surface area contributed by atoms with E-state index in [0.29, 0.717) is 0 Å². The molecule has 0 atom stereocenters. The van der Waals surface area contributed by atoms with Crippen molar-refractivity contribution < 1.29 is 0 Å². The number of halogens is 1. The van der Waals surface area contributed by atoms with Crippen LogP contribution in [0.15, 0.2) is 52.8 Å². The summed E-state index contributed by atoms with van der Waals surface area (Å²) in [6.07, 6.45) is 5.33. The Hall–Kier alpha value is -2.30. The SMILES string of the molecule is N#CC(C#N)=Cc1ccn(-c2ccc(Br)cc2)c1. The zero-order chi connectivity index (χ0) is 13.0. The minimum absolute atomic E-state index is 0.101. The first-order valence-electron chi connectivity index (χ1n) is 5.19. The van der Waals surface area contributed by atoms with E-state index in [1.165, 1.54) is 0 Å². The van der Waals surface area contributed by atoms with E-state index in [-0.39, 0.29) is 5.57 Å². The predicted octanol–water partition coefficient (Wildman–Crippen LogP) is 3.67. The summed E-state index contributed by atoms with van der Waals surface area (Å²) in [5, 5.41) is 17.4. The minimum Gasteiger partial charge on any atom is -0.323 e. The molecular weight excluding hydrogens is 290 g/mol. The van der Waals surface area contributed by atoms with E-state index < -0.39 is 0 Å². The molecule has 2 aromatic rings. The van der Waals surface area contributed by atoms with Gasteiger partial charge in [0.25, 0.3) is 0 Å². The molecule has 2 rings (SSSR count). The Morgan fingerprint density at radius 3 is 2.39 bits per heavy atom. The first-order chi connectivity index (χ1) is 8.72. The van der Waals surface area contributed by atoms with Crippen LogP contribution < -0.4 is 0 Å². The van der Waals surface area contributed by atoms with Crippen LogP contribution >= 0.6 is 15.9 Å². The lowest BCUT2D eigenvalue weighted by Gasteiger charge is -2.01. The molecule has 18 heavy (non-hydrogen) atoms. The average Bonchev–Trinajstić information content (AvgIpc) is 2.85. The van der Waals surface area contributed by atoms with Gasteiger partial charge in [-0.3, -0.25) is 0 Å². The van der Waals surface area contributed by atoms with Gasteiger partial charge in [-0.05, 0) is 42.0 Å². The molecule has 4 heteroatoms. The molecule has 0 amide bonds. The van der Waals surface area contributed by atoms with E-state index in [4.69, 9.17) is 10.5 Å². The third-order valence-corrected chi connectivity index (χ3v) is 2.92. The van der Waals surface area contributed by atoms with E-state index in [9.17, 15) is 0 Å². The number of benzene rings is 1. The Bertz CT molecular complexity index is 650. The molecular formula is C14H8BrN3. The third-order valence-electron chi connectivity index (χ3n) is 2.39. The van der Waals surface area contributed by atoms with Gasteiger partial charge in [0, 0.05) is 22.6 Å². The van der Waals surface area contributed by atoms with Gasteiger partial charge in [-0.1, -0.05) is 15.9 Å². The molecule has 0 aliphatic heterocycles. The number of nitrogens with zero attached hydrogens (tertiary/aromatic N) is 3. The summed E-state index contributed by atoms with van der Waals surface area (Å²) in [5.41, 5.74) is 1.95. The number of allylic oxidation sites excluding steroid dienone is 1. The van der Waals surface area contributed by atoms with Crippen molar-refractivity contribution in [3.63, 3.8) is 0 Å². The standard InChI is InChI=1S/C14H8BrN3/c15-13-1-3-14(4-2-13)18-6-5-11(10-18)7-12(8-16)9-17/h1-7,10H. The van der Waals surface area contributed by atoms with Gasteiger partial charge in [-0.2, -0.15) is 10.5 Å². The van der Waals surface area contributed by atoms with Crippen molar-refractivity contribution in [3.05, 3.63) is 58.3 Å². The second kappa shape index (κ2) is 5.35. The van der Waals surface area contributed by atoms with E-state index in [1.54, 1.807) is 6.08 Å². The van der Waals surface area contributed by atoms with Crippen LogP contribution in [0.1, 0.15) is 5.56 Å². The molecule has 0 N–H and O–H groups in total. The van der Waals surface area contributed by atoms with Crippen LogP contribution in [-0.2, 0) is 0 Å². The maximum Gasteiger partial charge on any atom is 0.130 e. The fourth-order valence-corrected chi connectivity index (χ4v) is 1.79. The van der Waals surface area contributed by atoms with Crippen molar-refractivity contribution in [3.8, 4) is 17.8 Å². The number of hydrogen-bond acceptors (Lipinski definition) is 2. The van der Waals surface area contributed by atoms with Crippen LogP contribution in [0.25, 0.3) is 11.8 Å². The van der Waals surface area contributed by atoms with Gasteiger partial charge < -0.3 is 4.57 Å². The van der Waals surface area contributed by atoms with Gasteiger partial charge in [-0.25, -0.2) is 0 Å². The first-order valence-corrected chi connectivity index (χ1v) is 5.98. The van der Waals surface area contributed by atoms with Gasteiger partial charge >= 0.3 is 0 Å². The zero-order valence-corrected chi connectivity index (χ0v) is 10.9. The minimum atomic E-state index is 0.101. The molecule has 0 unspecified atom stereocenters. The summed E-state index contributed by atoms with van der Waals surface area (Å²) in [5.74, 6) is 0. The Morgan fingerprint density at radius 1 is 1.11 bits per heavy atom. The Morgan fingerprint density at radius 2 is 1.78 bits per heavy atom. The van der Waals surface area contributed by atoms with Crippen molar-refractivity contribution in [2.24, 2.45) is 0 Å². The van der Waals surface area contributed by atoms with Crippen LogP contribution in [0.4, 0.5) is 0 Å². The van der Waals surface area contributed by atoms with E-state index in [0.717, 1.165) is 15.7 Å². The maximum atomic E-state index is 8.69. The monoisotopic (exact) mass is 297 g/mol. The molecule has 0 saturated carbocycles. The highest BCUT2D eigenvalue weighted by atomic mass is 79.9. The van der Waals surface area contributed by atoms with Crippen LogP contribution in [0, 0.1) is 22.7 Å². The highest BCUT2D eigenvalue weighted by molar-refractivity contribution is 9.10. The van der Waals surface area contributed by atoms with Crippen LogP contribution in [0.2, 0.25) is 0 Å². The lowest BCUT2D eigenvalue weighted by Crippen LogP contribution is -1.88. The molecule has 0 aliphatic rings. The lowest BCUT2D eigenvalue weighted by atomic mass is 10.2. The van der Waals surface area contributed by atoms with E-state index in [2.05, 4.69) is 15.9 Å². The summed E-state index contributed by atoms with van der Waals surface area (Å²) >= 11 is 3.38. The van der Waals surface area contributed by atoms with Gasteiger partial charge in [-0.15, -0.1) is 0 Å². The summed E-state index contributed by atoms with van der Waals surface area (Å²) in [7, 11) is 0. The number of hydrogen-bond donors (Lipinski definition) is 0. The molecule has 0 aliphatic carbocycles. The number of aromatic nitrogens is 1. The topological polar surface area (TPSA) is 52.5 Å². The first kappa shape index (κ1) is 12.2. The fraction of sp³-hybridized carbons (Fsp3) is 0. The second-order valence-corrected chi connectivity index (χ2v) is 4.53. The zero-order valence-electron chi connectivity index (χ0n) is 9.34. The van der Waals surface area contributed by atoms with Crippen LogP contribution in [0.3, 0.4) is 0 Å². The molecule has 1 aromatic heterocycles. The molecule has 0 spiro atoms. The molecule has 3 nitrogen and oxygen atoms in total. The Balaban J connectivity index is 2.32. The maximum absolute atomic E-state index is 8.69. The summed E-state index contributed by atoms with van der Waals surface area (Å²) < 4.78 is 2.96. The summed E-state index contributed by atoms with van der Waals surface area (Å²) in [6, 6.07) is 13.4. The fourth-order valence-electron chi connectivity index (χ4n) is 1.53. The molecule has 1 aromatic carbocycles.